The molecule has 0 atom stereocenters. The van der Waals surface area contributed by atoms with Crippen LogP contribution in [0.5, 0.6) is 11.5 Å². The van der Waals surface area contributed by atoms with Crippen LogP contribution in [-0.4, -0.2) is 36.5 Å². The molecule has 2 heterocycles. The van der Waals surface area contributed by atoms with Crippen LogP contribution >= 0.6 is 59.4 Å². The fraction of sp³-hybridized carbons (Fsp3) is 0.192. The first-order valence-corrected chi connectivity index (χ1v) is 14.1. The van der Waals surface area contributed by atoms with Gasteiger partial charge in [0, 0.05) is 19.0 Å². The first kappa shape index (κ1) is 29.2. The zero-order valence-corrected chi connectivity index (χ0v) is 26.0. The number of imide groups is 1. The van der Waals surface area contributed by atoms with Crippen molar-refractivity contribution < 1.29 is 33.0 Å². The average molecular weight is 748 g/mol. The summed E-state index contributed by atoms with van der Waals surface area (Å²) in [6.07, 6.45) is 1.48. The van der Waals surface area contributed by atoms with E-state index in [0.717, 1.165) is 19.4 Å². The number of nitrogens with zero attached hydrogens (tertiary/aromatic N) is 1. The number of hydrogen-bond acceptors (Lipinski definition) is 7. The Morgan fingerprint density at radius 3 is 2.59 bits per heavy atom. The largest absolute Gasteiger partial charge is 0.490 e. The van der Waals surface area contributed by atoms with Crippen LogP contribution in [0, 0.1) is 0 Å². The number of carbonyl (C=O) groups is 3. The highest BCUT2D eigenvalue weighted by atomic mass is 79.9. The predicted octanol–water partition coefficient (Wildman–Crippen LogP) is 7.08. The lowest BCUT2D eigenvalue weighted by Crippen LogP contribution is -2.30. The number of furan rings is 1. The van der Waals surface area contributed by atoms with Crippen molar-refractivity contribution in [1.29, 1.82) is 0 Å². The summed E-state index contributed by atoms with van der Waals surface area (Å²) >= 11 is 17.1. The second kappa shape index (κ2) is 12.6. The summed E-state index contributed by atoms with van der Waals surface area (Å²) < 4.78 is 24.0. The third-order valence-electron chi connectivity index (χ3n) is 5.47. The lowest BCUT2D eigenvalue weighted by Gasteiger charge is -2.17. The van der Waals surface area contributed by atoms with E-state index in [9.17, 15) is 14.4 Å². The molecule has 4 rings (SSSR count). The number of hydrogen-bond donors (Lipinski definition) is 1. The highest BCUT2D eigenvalue weighted by molar-refractivity contribution is 9.11. The van der Waals surface area contributed by atoms with Gasteiger partial charge in [0.1, 0.15) is 23.1 Å². The van der Waals surface area contributed by atoms with Crippen molar-refractivity contribution in [2.24, 2.45) is 0 Å². The Labute approximate surface area is 253 Å². The van der Waals surface area contributed by atoms with Crippen LogP contribution in [-0.2, 0) is 22.7 Å². The summed E-state index contributed by atoms with van der Waals surface area (Å²) in [6, 6.07) is 9.64. The molecule has 1 aliphatic rings. The maximum atomic E-state index is 13.0. The van der Waals surface area contributed by atoms with Crippen LogP contribution in [0.15, 0.2) is 59.9 Å². The van der Waals surface area contributed by atoms with Crippen molar-refractivity contribution in [2.45, 2.75) is 20.1 Å². The second-order valence-corrected chi connectivity index (χ2v) is 11.0. The Bertz CT molecular complexity index is 1490. The highest BCUT2D eigenvalue weighted by Crippen LogP contribution is 2.44. The summed E-state index contributed by atoms with van der Waals surface area (Å²) in [7, 11) is 1.22. The van der Waals surface area contributed by atoms with E-state index in [1.165, 1.54) is 25.3 Å². The van der Waals surface area contributed by atoms with Gasteiger partial charge in [0.2, 0.25) is 5.76 Å². The minimum atomic E-state index is -0.664. The van der Waals surface area contributed by atoms with Crippen LogP contribution < -0.4 is 14.8 Å². The summed E-state index contributed by atoms with van der Waals surface area (Å²) in [6.45, 7) is 2.20. The molecule has 1 N–H and O–H groups in total. The number of ether oxygens (including phenoxy) is 3. The Hall–Kier alpha value is -2.80. The van der Waals surface area contributed by atoms with Crippen molar-refractivity contribution in [1.82, 2.24) is 10.2 Å². The molecule has 0 saturated carbocycles. The predicted molar refractivity (Wildman–Crippen MR) is 154 cm³/mol. The van der Waals surface area contributed by atoms with Crippen molar-refractivity contribution in [2.75, 3.05) is 13.7 Å². The molecule has 2 aromatic carbocycles. The van der Waals surface area contributed by atoms with Crippen LogP contribution in [0.1, 0.15) is 34.4 Å². The maximum Gasteiger partial charge on any atom is 0.373 e. The molecule has 204 valence electrons. The van der Waals surface area contributed by atoms with Gasteiger partial charge in [-0.05, 0) is 64.8 Å². The molecule has 0 bridgehead atoms. The molecule has 3 amide bonds. The van der Waals surface area contributed by atoms with Crippen LogP contribution in [0.3, 0.4) is 0 Å². The number of benzene rings is 2. The van der Waals surface area contributed by atoms with Crippen molar-refractivity contribution in [3.8, 4) is 11.5 Å². The van der Waals surface area contributed by atoms with E-state index in [0.29, 0.717) is 28.1 Å². The number of esters is 1. The molecule has 1 aromatic heterocycles. The molecular weight excluding hydrogens is 727 g/mol. The topological polar surface area (TPSA) is 107 Å². The van der Waals surface area contributed by atoms with Gasteiger partial charge in [0.15, 0.2) is 11.5 Å². The van der Waals surface area contributed by atoms with E-state index in [1.807, 2.05) is 25.1 Å². The van der Waals surface area contributed by atoms with Gasteiger partial charge in [-0.1, -0.05) is 49.5 Å². The number of urea groups is 1. The quantitative estimate of drug-likeness (QED) is 0.142. The number of amides is 3. The molecule has 1 fully saturated rings. The number of methoxy groups -OCH3 is 1. The Balaban J connectivity index is 1.58. The highest BCUT2D eigenvalue weighted by Gasteiger charge is 2.35. The Morgan fingerprint density at radius 1 is 1.13 bits per heavy atom. The maximum absolute atomic E-state index is 13.0. The SMILES string of the molecule is CCOc1cc(/C=C2\NC(=O)N(Cc3ccc(C(=O)OC)o3)C2=O)c(Br)c(Cl)c1OCc1ccc(Br)cc1Br. The summed E-state index contributed by atoms with van der Waals surface area (Å²) in [4.78, 5) is 38.2. The van der Waals surface area contributed by atoms with E-state index in [1.54, 1.807) is 6.07 Å². The molecule has 0 aliphatic carbocycles. The van der Waals surface area contributed by atoms with E-state index >= 15 is 0 Å². The molecule has 3 aromatic rings. The third-order valence-corrected chi connectivity index (χ3v) is 8.14. The van der Waals surface area contributed by atoms with Crippen LogP contribution in [0.25, 0.3) is 6.08 Å². The average Bonchev–Trinajstić information content (AvgIpc) is 3.48. The fourth-order valence-corrected chi connectivity index (χ4v) is 5.42. The van der Waals surface area contributed by atoms with Gasteiger partial charge in [-0.25, -0.2) is 9.59 Å². The van der Waals surface area contributed by atoms with Crippen molar-refractivity contribution >= 4 is 83.4 Å². The molecule has 39 heavy (non-hydrogen) atoms. The number of carbonyl (C=O) groups excluding carboxylic acids is 3. The van der Waals surface area contributed by atoms with E-state index < -0.39 is 17.9 Å². The van der Waals surface area contributed by atoms with E-state index in [2.05, 4.69) is 57.8 Å². The number of rotatable bonds is 9. The number of nitrogens with one attached hydrogen (secondary N) is 1. The Kier molecular flexibility index (Phi) is 9.42. The fourth-order valence-electron chi connectivity index (χ4n) is 3.60. The van der Waals surface area contributed by atoms with E-state index in [4.69, 9.17) is 25.5 Å². The van der Waals surface area contributed by atoms with Gasteiger partial charge in [0.05, 0.1) is 20.3 Å². The lowest BCUT2D eigenvalue weighted by atomic mass is 10.1. The molecule has 1 aliphatic heterocycles. The molecule has 9 nitrogen and oxygen atoms in total. The van der Waals surface area contributed by atoms with Gasteiger partial charge >= 0.3 is 12.0 Å². The monoisotopic (exact) mass is 744 g/mol. The first-order valence-electron chi connectivity index (χ1n) is 11.4. The van der Waals surface area contributed by atoms with Gasteiger partial charge < -0.3 is 23.9 Å². The zero-order chi connectivity index (χ0) is 28.3. The van der Waals surface area contributed by atoms with Crippen molar-refractivity contribution in [3.05, 3.63) is 83.2 Å². The smallest absolute Gasteiger partial charge is 0.373 e. The lowest BCUT2D eigenvalue weighted by molar-refractivity contribution is -0.123. The third kappa shape index (κ3) is 6.51. The van der Waals surface area contributed by atoms with Crippen LogP contribution in [0.4, 0.5) is 4.79 Å². The van der Waals surface area contributed by atoms with E-state index in [-0.39, 0.29) is 35.4 Å². The zero-order valence-electron chi connectivity index (χ0n) is 20.5. The van der Waals surface area contributed by atoms with Gasteiger partial charge in [-0.2, -0.15) is 0 Å². The normalized spacial score (nSPS) is 14.1. The molecular formula is C26H20Br3ClN2O7. The Morgan fingerprint density at radius 2 is 1.90 bits per heavy atom. The molecule has 0 spiro atoms. The van der Waals surface area contributed by atoms with Crippen molar-refractivity contribution in [3.63, 3.8) is 0 Å². The van der Waals surface area contributed by atoms with Gasteiger partial charge in [-0.15, -0.1) is 0 Å². The summed E-state index contributed by atoms with van der Waals surface area (Å²) in [5.41, 5.74) is 1.40. The molecule has 1 saturated heterocycles. The van der Waals surface area contributed by atoms with Gasteiger partial charge in [-0.3, -0.25) is 9.69 Å². The first-order chi connectivity index (χ1) is 18.6. The molecule has 0 radical (unpaired) electrons. The van der Waals surface area contributed by atoms with Crippen LogP contribution in [0.2, 0.25) is 5.02 Å². The summed E-state index contributed by atoms with van der Waals surface area (Å²) in [5, 5.41) is 2.79. The second-order valence-electron chi connectivity index (χ2n) is 8.02. The molecule has 0 unspecified atom stereocenters. The molecule has 13 heteroatoms. The van der Waals surface area contributed by atoms with Gasteiger partial charge in [0.25, 0.3) is 5.91 Å². The summed E-state index contributed by atoms with van der Waals surface area (Å²) in [5.74, 6) is -0.357. The minimum absolute atomic E-state index is 0.0198. The standard InChI is InChI=1S/C26H20Br3ClN2O7/c1-3-37-20-9-14(21(29)22(30)23(20)38-12-13-4-5-15(27)10-17(13)28)8-18-24(33)32(26(35)31-18)11-16-6-7-19(39-16)25(34)36-2/h4-10H,3,11-12H2,1-2H3,(H,31,35)/b18-8-. The number of halogens is 4. The minimum Gasteiger partial charge on any atom is -0.490 e.